The van der Waals surface area contributed by atoms with Crippen molar-refractivity contribution in [2.24, 2.45) is 0 Å². The van der Waals surface area contributed by atoms with E-state index in [4.69, 9.17) is 11.6 Å². The molecule has 2 rings (SSSR count). The number of hydrogen-bond acceptors (Lipinski definition) is 1. The van der Waals surface area contributed by atoms with Crippen molar-refractivity contribution in [2.75, 3.05) is 5.32 Å². The summed E-state index contributed by atoms with van der Waals surface area (Å²) in [6, 6.07) is 10.1. The average molecular weight is 258 g/mol. The molecule has 1 nitrogen and oxygen atoms in total. The minimum Gasteiger partial charge on any atom is -0.371 e. The van der Waals surface area contributed by atoms with Gasteiger partial charge in [-0.2, -0.15) is 0 Å². The predicted molar refractivity (Wildman–Crippen MR) is 79.8 cm³/mol. The average Bonchev–Trinajstić information content (AvgIpc) is 2.41. The van der Waals surface area contributed by atoms with E-state index in [-0.39, 0.29) is 5.54 Å². The van der Waals surface area contributed by atoms with E-state index in [2.05, 4.69) is 24.0 Å². The van der Waals surface area contributed by atoms with Crippen LogP contribution in [0.25, 0.3) is 0 Å². The molecule has 0 saturated heterocycles. The van der Waals surface area contributed by atoms with Crippen molar-refractivity contribution < 1.29 is 0 Å². The molecule has 0 spiro atoms. The third-order valence-electron chi connectivity index (χ3n) is 2.90. The van der Waals surface area contributed by atoms with Crippen molar-refractivity contribution in [3.8, 4) is 0 Å². The largest absolute Gasteiger partial charge is 0.371 e. The van der Waals surface area contributed by atoms with Crippen LogP contribution in [0.1, 0.15) is 6.42 Å². The first kappa shape index (κ1) is 12.7. The maximum absolute atomic E-state index is 6.41. The fourth-order valence-corrected chi connectivity index (χ4v) is 2.26. The van der Waals surface area contributed by atoms with E-state index in [9.17, 15) is 0 Å². The van der Waals surface area contributed by atoms with Crippen LogP contribution in [0, 0.1) is 0 Å². The van der Waals surface area contributed by atoms with Gasteiger partial charge in [-0.1, -0.05) is 66.8 Å². The van der Waals surface area contributed by atoms with Crippen LogP contribution in [0.5, 0.6) is 0 Å². The molecule has 0 bridgehead atoms. The Morgan fingerprint density at radius 2 is 2.06 bits per heavy atom. The monoisotopic (exact) mass is 257 g/mol. The molecule has 1 aromatic carbocycles. The van der Waals surface area contributed by atoms with Crippen molar-refractivity contribution in [1.82, 2.24) is 0 Å². The summed E-state index contributed by atoms with van der Waals surface area (Å²) < 4.78 is 0. The van der Waals surface area contributed by atoms with Gasteiger partial charge in [-0.3, -0.25) is 0 Å². The third-order valence-corrected chi connectivity index (χ3v) is 3.36. The van der Waals surface area contributed by atoms with Crippen molar-refractivity contribution in [3.63, 3.8) is 0 Å². The standard InChI is InChI=1S/C16H16ClN/c1-2-9-15(17)16(12-7-4-8-13-16)18-14-10-5-3-6-11-14/h2-12,18H,1,13H2. The predicted octanol–water partition coefficient (Wildman–Crippen LogP) is 4.66. The Morgan fingerprint density at radius 3 is 2.67 bits per heavy atom. The van der Waals surface area contributed by atoms with Gasteiger partial charge in [0.2, 0.25) is 0 Å². The highest BCUT2D eigenvalue weighted by Gasteiger charge is 2.30. The highest BCUT2D eigenvalue weighted by atomic mass is 35.5. The number of hydrogen-bond donors (Lipinski definition) is 1. The summed E-state index contributed by atoms with van der Waals surface area (Å²) in [5.41, 5.74) is 0.680. The quantitative estimate of drug-likeness (QED) is 0.774. The van der Waals surface area contributed by atoms with Gasteiger partial charge in [0.1, 0.15) is 0 Å². The van der Waals surface area contributed by atoms with Crippen molar-refractivity contribution in [3.05, 3.63) is 78.4 Å². The number of para-hydroxylation sites is 1. The topological polar surface area (TPSA) is 12.0 Å². The van der Waals surface area contributed by atoms with Gasteiger partial charge in [0.05, 0.1) is 5.54 Å². The number of halogens is 1. The van der Waals surface area contributed by atoms with Gasteiger partial charge in [-0.25, -0.2) is 0 Å². The van der Waals surface area contributed by atoms with Crippen LogP contribution in [0.15, 0.2) is 78.4 Å². The normalized spacial score (nSPS) is 22.8. The van der Waals surface area contributed by atoms with Crippen LogP contribution in [0.2, 0.25) is 0 Å². The number of rotatable bonds is 4. The van der Waals surface area contributed by atoms with Gasteiger partial charge < -0.3 is 5.32 Å². The molecule has 1 N–H and O–H groups in total. The lowest BCUT2D eigenvalue weighted by Crippen LogP contribution is -2.37. The maximum atomic E-state index is 6.41. The molecular formula is C16H16ClN. The molecule has 0 fully saturated rings. The SMILES string of the molecule is C=CC=C(Cl)C1(Nc2ccccc2)C=CC=CC1. The number of anilines is 1. The Balaban J connectivity index is 2.32. The highest BCUT2D eigenvalue weighted by Crippen LogP contribution is 2.33. The Bertz CT molecular complexity index is 499. The first-order valence-corrected chi connectivity index (χ1v) is 6.31. The van der Waals surface area contributed by atoms with Crippen molar-refractivity contribution in [2.45, 2.75) is 12.0 Å². The zero-order chi connectivity index (χ0) is 12.8. The molecule has 0 amide bonds. The van der Waals surface area contributed by atoms with Gasteiger partial charge in [-0.15, -0.1) is 0 Å². The zero-order valence-corrected chi connectivity index (χ0v) is 10.9. The van der Waals surface area contributed by atoms with Gasteiger partial charge in [0, 0.05) is 10.7 Å². The molecule has 1 aromatic rings. The summed E-state index contributed by atoms with van der Waals surface area (Å²) in [5.74, 6) is 0. The van der Waals surface area contributed by atoms with Gasteiger partial charge >= 0.3 is 0 Å². The van der Waals surface area contributed by atoms with Crippen molar-refractivity contribution in [1.29, 1.82) is 0 Å². The number of nitrogens with one attached hydrogen (secondary N) is 1. The van der Waals surface area contributed by atoms with E-state index < -0.39 is 0 Å². The van der Waals surface area contributed by atoms with E-state index in [1.165, 1.54) is 0 Å². The molecule has 0 radical (unpaired) electrons. The second kappa shape index (κ2) is 5.74. The van der Waals surface area contributed by atoms with E-state index in [0.717, 1.165) is 17.1 Å². The minimum atomic E-state index is -0.369. The van der Waals surface area contributed by atoms with Gasteiger partial charge in [0.15, 0.2) is 0 Å². The molecule has 1 atom stereocenters. The van der Waals surface area contributed by atoms with Gasteiger partial charge in [0.25, 0.3) is 0 Å². The van der Waals surface area contributed by atoms with Crippen LogP contribution >= 0.6 is 11.6 Å². The van der Waals surface area contributed by atoms with E-state index >= 15 is 0 Å². The smallest absolute Gasteiger partial charge is 0.0954 e. The molecule has 0 saturated carbocycles. The Labute approximate surface area is 113 Å². The molecule has 1 aliphatic rings. The Hall–Kier alpha value is -1.73. The number of allylic oxidation sites excluding steroid dienone is 4. The van der Waals surface area contributed by atoms with Gasteiger partial charge in [-0.05, 0) is 24.6 Å². The van der Waals surface area contributed by atoms with Crippen LogP contribution in [-0.2, 0) is 0 Å². The van der Waals surface area contributed by atoms with Crippen LogP contribution in [-0.4, -0.2) is 5.54 Å². The fraction of sp³-hybridized carbons (Fsp3) is 0.125. The summed E-state index contributed by atoms with van der Waals surface area (Å²) in [5, 5.41) is 4.23. The molecule has 1 unspecified atom stereocenters. The zero-order valence-electron chi connectivity index (χ0n) is 10.1. The molecule has 18 heavy (non-hydrogen) atoms. The number of benzene rings is 1. The molecule has 0 aliphatic heterocycles. The highest BCUT2D eigenvalue weighted by molar-refractivity contribution is 6.31. The molecular weight excluding hydrogens is 242 g/mol. The Morgan fingerprint density at radius 1 is 1.28 bits per heavy atom. The second-order valence-corrected chi connectivity index (χ2v) is 4.61. The van der Waals surface area contributed by atoms with Crippen LogP contribution in [0.4, 0.5) is 5.69 Å². The van der Waals surface area contributed by atoms with E-state index in [0.29, 0.717) is 0 Å². The fourth-order valence-electron chi connectivity index (χ4n) is 1.98. The molecule has 1 aliphatic carbocycles. The Kier molecular flexibility index (Phi) is 4.06. The minimum absolute atomic E-state index is 0.369. The summed E-state index contributed by atoms with van der Waals surface area (Å²) in [6.07, 6.45) is 12.6. The van der Waals surface area contributed by atoms with E-state index in [1.54, 1.807) is 6.08 Å². The first-order valence-electron chi connectivity index (χ1n) is 5.93. The third kappa shape index (κ3) is 2.74. The summed E-state index contributed by atoms with van der Waals surface area (Å²) in [6.45, 7) is 3.70. The summed E-state index contributed by atoms with van der Waals surface area (Å²) in [4.78, 5) is 0. The van der Waals surface area contributed by atoms with Crippen LogP contribution in [0.3, 0.4) is 0 Å². The summed E-state index contributed by atoms with van der Waals surface area (Å²) in [7, 11) is 0. The van der Waals surface area contributed by atoms with E-state index in [1.807, 2.05) is 48.6 Å². The molecule has 0 aromatic heterocycles. The summed E-state index contributed by atoms with van der Waals surface area (Å²) >= 11 is 6.41. The van der Waals surface area contributed by atoms with Crippen molar-refractivity contribution >= 4 is 17.3 Å². The molecule has 2 heteroatoms. The first-order chi connectivity index (χ1) is 8.77. The molecule has 0 heterocycles. The second-order valence-electron chi connectivity index (χ2n) is 4.20. The lowest BCUT2D eigenvalue weighted by Gasteiger charge is -2.33. The lowest BCUT2D eigenvalue weighted by molar-refractivity contribution is 0.701. The van der Waals surface area contributed by atoms with Crippen LogP contribution < -0.4 is 5.32 Å². The molecule has 92 valence electrons. The maximum Gasteiger partial charge on any atom is 0.0954 e. The lowest BCUT2D eigenvalue weighted by atomic mass is 9.89.